The Balaban J connectivity index is 1.81. The van der Waals surface area contributed by atoms with E-state index in [1.165, 1.54) is 16.4 Å². The number of nitrogens with zero attached hydrogens (tertiary/aromatic N) is 2. The lowest BCUT2D eigenvalue weighted by Crippen LogP contribution is -2.51. The lowest BCUT2D eigenvalue weighted by Gasteiger charge is -2.33. The summed E-state index contributed by atoms with van der Waals surface area (Å²) in [6, 6.07) is 6.20. The molecule has 1 saturated heterocycles. The smallest absolute Gasteiger partial charge is 0.243 e. The molecule has 1 heterocycles. The minimum Gasteiger partial charge on any atom is -0.355 e. The van der Waals surface area contributed by atoms with Crippen LogP contribution in [0.1, 0.15) is 26.2 Å². The van der Waals surface area contributed by atoms with Crippen LogP contribution in [0.4, 0.5) is 0 Å². The molecule has 1 aromatic carbocycles. The Bertz CT molecular complexity index is 656. The molecule has 0 atom stereocenters. The summed E-state index contributed by atoms with van der Waals surface area (Å²) in [7, 11) is -3.50. The minimum atomic E-state index is -3.50. The van der Waals surface area contributed by atoms with Crippen molar-refractivity contribution in [3.05, 3.63) is 29.3 Å². The summed E-state index contributed by atoms with van der Waals surface area (Å²) in [6.45, 7) is 5.02. The van der Waals surface area contributed by atoms with Gasteiger partial charge in [0.05, 0.1) is 11.4 Å². The zero-order valence-corrected chi connectivity index (χ0v) is 16.2. The molecular formula is C17H26ClN3O3S. The van der Waals surface area contributed by atoms with E-state index in [0.29, 0.717) is 44.3 Å². The van der Waals surface area contributed by atoms with Gasteiger partial charge in [-0.1, -0.05) is 31.4 Å². The molecule has 0 saturated carbocycles. The van der Waals surface area contributed by atoms with Gasteiger partial charge in [0.2, 0.25) is 15.9 Å². The third kappa shape index (κ3) is 5.95. The van der Waals surface area contributed by atoms with Crippen molar-refractivity contribution in [2.24, 2.45) is 0 Å². The fraction of sp³-hybridized carbons (Fsp3) is 0.588. The molecule has 1 aromatic rings. The molecule has 1 fully saturated rings. The first-order chi connectivity index (χ1) is 11.9. The van der Waals surface area contributed by atoms with Crippen LogP contribution in [0.2, 0.25) is 5.02 Å². The lowest BCUT2D eigenvalue weighted by molar-refractivity contribution is -0.122. The number of carbonyl (C=O) groups is 1. The number of halogens is 1. The Morgan fingerprint density at radius 1 is 1.12 bits per heavy atom. The van der Waals surface area contributed by atoms with E-state index >= 15 is 0 Å². The average Bonchev–Trinajstić information content (AvgIpc) is 2.60. The maximum Gasteiger partial charge on any atom is 0.243 e. The molecule has 6 nitrogen and oxygen atoms in total. The highest BCUT2D eigenvalue weighted by Gasteiger charge is 2.28. The summed E-state index contributed by atoms with van der Waals surface area (Å²) < 4.78 is 26.7. The molecule has 0 unspecified atom stereocenters. The number of amides is 1. The van der Waals surface area contributed by atoms with E-state index < -0.39 is 10.0 Å². The Hall–Kier alpha value is -1.15. The highest BCUT2D eigenvalue weighted by atomic mass is 35.5. The molecule has 2 rings (SSSR count). The van der Waals surface area contributed by atoms with E-state index in [4.69, 9.17) is 11.6 Å². The molecule has 0 aromatic heterocycles. The van der Waals surface area contributed by atoms with Crippen LogP contribution in [0.5, 0.6) is 0 Å². The second-order valence-corrected chi connectivity index (χ2v) is 8.57. The van der Waals surface area contributed by atoms with Gasteiger partial charge in [0, 0.05) is 37.7 Å². The monoisotopic (exact) mass is 387 g/mol. The summed E-state index contributed by atoms with van der Waals surface area (Å²) in [5.41, 5.74) is 0. The fourth-order valence-electron chi connectivity index (χ4n) is 2.75. The highest BCUT2D eigenvalue weighted by molar-refractivity contribution is 7.89. The summed E-state index contributed by atoms with van der Waals surface area (Å²) in [6.07, 6.45) is 3.23. The zero-order chi connectivity index (χ0) is 18.3. The number of hydrogen-bond donors (Lipinski definition) is 1. The molecule has 1 amide bonds. The first kappa shape index (κ1) is 20.2. The SMILES string of the molecule is CCCCCNC(=O)CN1CCN(S(=O)(=O)c2ccc(Cl)cc2)CC1. The normalized spacial score (nSPS) is 16.7. The van der Waals surface area contributed by atoms with Crippen molar-refractivity contribution in [3.63, 3.8) is 0 Å². The molecule has 0 bridgehead atoms. The van der Waals surface area contributed by atoms with Crippen LogP contribution in [0.25, 0.3) is 0 Å². The summed E-state index contributed by atoms with van der Waals surface area (Å²) in [5.74, 6) is 0.00473. The molecule has 0 spiro atoms. The molecule has 1 N–H and O–H groups in total. The van der Waals surface area contributed by atoms with Crippen LogP contribution in [0, 0.1) is 0 Å². The molecule has 1 aliphatic rings. The van der Waals surface area contributed by atoms with Crippen molar-refractivity contribution >= 4 is 27.5 Å². The lowest BCUT2D eigenvalue weighted by atomic mass is 10.2. The van der Waals surface area contributed by atoms with Crippen LogP contribution >= 0.6 is 11.6 Å². The predicted octanol–water partition coefficient (Wildman–Crippen LogP) is 1.95. The van der Waals surface area contributed by atoms with Crippen molar-refractivity contribution in [3.8, 4) is 0 Å². The number of unbranched alkanes of at least 4 members (excludes halogenated alkanes) is 2. The van der Waals surface area contributed by atoms with Crippen LogP contribution in [-0.2, 0) is 14.8 Å². The van der Waals surface area contributed by atoms with E-state index in [2.05, 4.69) is 12.2 Å². The molecule has 0 aliphatic carbocycles. The second-order valence-electron chi connectivity index (χ2n) is 6.19. The molecular weight excluding hydrogens is 362 g/mol. The van der Waals surface area contributed by atoms with Crippen LogP contribution in [0.3, 0.4) is 0 Å². The number of hydrogen-bond acceptors (Lipinski definition) is 4. The van der Waals surface area contributed by atoms with Gasteiger partial charge in [0.1, 0.15) is 0 Å². The van der Waals surface area contributed by atoms with E-state index in [0.717, 1.165) is 19.3 Å². The van der Waals surface area contributed by atoms with Crippen molar-refractivity contribution < 1.29 is 13.2 Å². The van der Waals surface area contributed by atoms with Gasteiger partial charge in [-0.05, 0) is 30.7 Å². The van der Waals surface area contributed by atoms with E-state index in [1.54, 1.807) is 12.1 Å². The van der Waals surface area contributed by atoms with Gasteiger partial charge >= 0.3 is 0 Å². The minimum absolute atomic E-state index is 0.00473. The highest BCUT2D eigenvalue weighted by Crippen LogP contribution is 2.19. The van der Waals surface area contributed by atoms with Crippen molar-refractivity contribution in [1.29, 1.82) is 0 Å². The topological polar surface area (TPSA) is 69.7 Å². The number of benzene rings is 1. The molecule has 8 heteroatoms. The van der Waals surface area contributed by atoms with E-state index in [9.17, 15) is 13.2 Å². The van der Waals surface area contributed by atoms with Gasteiger partial charge in [-0.15, -0.1) is 0 Å². The van der Waals surface area contributed by atoms with Crippen molar-refractivity contribution in [1.82, 2.24) is 14.5 Å². The Labute approximate surface area is 155 Å². The van der Waals surface area contributed by atoms with Gasteiger partial charge in [0.25, 0.3) is 0 Å². The number of piperazine rings is 1. The molecule has 25 heavy (non-hydrogen) atoms. The number of nitrogens with one attached hydrogen (secondary N) is 1. The first-order valence-corrected chi connectivity index (χ1v) is 10.5. The first-order valence-electron chi connectivity index (χ1n) is 8.68. The van der Waals surface area contributed by atoms with Crippen LogP contribution in [-0.4, -0.2) is 62.8 Å². The Morgan fingerprint density at radius 3 is 2.36 bits per heavy atom. The maximum absolute atomic E-state index is 12.6. The number of rotatable bonds is 8. The quantitative estimate of drug-likeness (QED) is 0.692. The third-order valence-electron chi connectivity index (χ3n) is 4.25. The maximum atomic E-state index is 12.6. The fourth-order valence-corrected chi connectivity index (χ4v) is 4.29. The Kier molecular flexibility index (Phi) is 7.68. The zero-order valence-electron chi connectivity index (χ0n) is 14.6. The molecule has 0 radical (unpaired) electrons. The van der Waals surface area contributed by atoms with E-state index in [1.807, 2.05) is 4.90 Å². The summed E-state index contributed by atoms with van der Waals surface area (Å²) in [4.78, 5) is 14.1. The average molecular weight is 388 g/mol. The second kappa shape index (κ2) is 9.52. The van der Waals surface area contributed by atoms with Crippen LogP contribution < -0.4 is 5.32 Å². The third-order valence-corrected chi connectivity index (χ3v) is 6.42. The molecule has 140 valence electrons. The Morgan fingerprint density at radius 2 is 1.76 bits per heavy atom. The van der Waals surface area contributed by atoms with E-state index in [-0.39, 0.29) is 10.8 Å². The summed E-state index contributed by atoms with van der Waals surface area (Å²) in [5, 5.41) is 3.42. The largest absolute Gasteiger partial charge is 0.355 e. The van der Waals surface area contributed by atoms with Crippen molar-refractivity contribution in [2.75, 3.05) is 39.3 Å². The number of sulfonamides is 1. The molecule has 1 aliphatic heterocycles. The number of carbonyl (C=O) groups excluding carboxylic acids is 1. The van der Waals surface area contributed by atoms with Gasteiger partial charge in [0.15, 0.2) is 0 Å². The van der Waals surface area contributed by atoms with Gasteiger partial charge in [-0.2, -0.15) is 4.31 Å². The summed E-state index contributed by atoms with van der Waals surface area (Å²) >= 11 is 5.82. The van der Waals surface area contributed by atoms with Crippen molar-refractivity contribution in [2.45, 2.75) is 31.1 Å². The van der Waals surface area contributed by atoms with Gasteiger partial charge in [-0.3, -0.25) is 9.69 Å². The van der Waals surface area contributed by atoms with Gasteiger partial charge in [-0.25, -0.2) is 8.42 Å². The van der Waals surface area contributed by atoms with Gasteiger partial charge < -0.3 is 5.32 Å². The standard InChI is InChI=1S/C17H26ClN3O3S/c1-2-3-4-9-19-17(22)14-20-10-12-21(13-11-20)25(23,24)16-7-5-15(18)6-8-16/h5-8H,2-4,9-14H2,1H3,(H,19,22). The van der Waals surface area contributed by atoms with Crippen LogP contribution in [0.15, 0.2) is 29.2 Å². The predicted molar refractivity (Wildman–Crippen MR) is 99.2 cm³/mol.